The molecule has 0 unspecified atom stereocenters. The summed E-state index contributed by atoms with van der Waals surface area (Å²) in [6.07, 6.45) is 1.56. The van der Waals surface area contributed by atoms with Crippen LogP contribution in [-0.4, -0.2) is 24.1 Å². The summed E-state index contributed by atoms with van der Waals surface area (Å²) < 4.78 is 5.55. The second-order valence-electron chi connectivity index (χ2n) is 6.19. The first-order valence-corrected chi connectivity index (χ1v) is 8.33. The number of hydrogen-bond acceptors (Lipinski definition) is 4. The van der Waals surface area contributed by atoms with Gasteiger partial charge in [0.25, 0.3) is 0 Å². The van der Waals surface area contributed by atoms with Gasteiger partial charge in [-0.1, -0.05) is 6.07 Å². The average molecular weight is 353 g/mol. The minimum atomic E-state index is -0.834. The number of carbonyl (C=O) groups is 2. The van der Waals surface area contributed by atoms with E-state index in [1.807, 2.05) is 64.1 Å². The zero-order valence-electron chi connectivity index (χ0n) is 15.4. The van der Waals surface area contributed by atoms with Crippen molar-refractivity contribution in [3.05, 3.63) is 59.2 Å². The first kappa shape index (κ1) is 19.2. The van der Waals surface area contributed by atoms with Gasteiger partial charge in [0, 0.05) is 5.69 Å². The minimum Gasteiger partial charge on any atom is -0.491 e. The van der Waals surface area contributed by atoms with Gasteiger partial charge in [0.1, 0.15) is 5.75 Å². The molecule has 136 valence electrons. The summed E-state index contributed by atoms with van der Waals surface area (Å²) in [5.41, 5.74) is 5.70. The zero-order valence-corrected chi connectivity index (χ0v) is 15.4. The maximum atomic E-state index is 11.9. The third-order valence-electron chi connectivity index (χ3n) is 3.60. The second kappa shape index (κ2) is 8.80. The van der Waals surface area contributed by atoms with E-state index in [9.17, 15) is 9.59 Å². The number of benzene rings is 2. The van der Waals surface area contributed by atoms with Crippen molar-refractivity contribution in [1.82, 2.24) is 5.43 Å². The predicted octanol–water partition coefficient (Wildman–Crippen LogP) is 3.18. The summed E-state index contributed by atoms with van der Waals surface area (Å²) >= 11 is 0. The number of aryl methyl sites for hydroxylation is 2. The maximum absolute atomic E-state index is 11.9. The summed E-state index contributed by atoms with van der Waals surface area (Å²) in [6.45, 7) is 7.82. The van der Waals surface area contributed by atoms with E-state index in [0.717, 1.165) is 22.4 Å². The van der Waals surface area contributed by atoms with Gasteiger partial charge < -0.3 is 10.1 Å². The van der Waals surface area contributed by atoms with E-state index < -0.39 is 11.8 Å². The lowest BCUT2D eigenvalue weighted by Gasteiger charge is -2.09. The van der Waals surface area contributed by atoms with Crippen LogP contribution in [0.3, 0.4) is 0 Å². The van der Waals surface area contributed by atoms with E-state index in [2.05, 4.69) is 15.8 Å². The van der Waals surface area contributed by atoms with Crippen LogP contribution in [0.15, 0.2) is 47.6 Å². The van der Waals surface area contributed by atoms with E-state index in [0.29, 0.717) is 5.69 Å². The van der Waals surface area contributed by atoms with Crippen LogP contribution in [-0.2, 0) is 9.59 Å². The number of anilines is 1. The molecule has 0 aliphatic rings. The molecule has 0 atom stereocenters. The highest BCUT2D eigenvalue weighted by Crippen LogP contribution is 2.14. The fourth-order valence-electron chi connectivity index (χ4n) is 2.13. The van der Waals surface area contributed by atoms with Crippen molar-refractivity contribution >= 4 is 23.7 Å². The quantitative estimate of drug-likeness (QED) is 0.492. The molecule has 0 bridgehead atoms. The summed E-state index contributed by atoms with van der Waals surface area (Å²) in [4.78, 5) is 23.7. The van der Waals surface area contributed by atoms with Crippen molar-refractivity contribution in [2.24, 2.45) is 5.10 Å². The highest BCUT2D eigenvalue weighted by atomic mass is 16.5. The van der Waals surface area contributed by atoms with Gasteiger partial charge in [-0.25, -0.2) is 5.43 Å². The standard InChI is InChI=1S/C20H23N3O3/c1-13(2)26-18-9-6-16(7-10-18)12-21-23-20(25)19(24)22-17-8-5-14(3)15(4)11-17/h5-13H,1-4H3,(H,22,24)(H,23,25). The summed E-state index contributed by atoms with van der Waals surface area (Å²) in [5, 5.41) is 6.34. The van der Waals surface area contributed by atoms with Gasteiger partial charge in [-0.05, 0) is 80.8 Å². The summed E-state index contributed by atoms with van der Waals surface area (Å²) in [7, 11) is 0. The van der Waals surface area contributed by atoms with Crippen LogP contribution in [0, 0.1) is 13.8 Å². The smallest absolute Gasteiger partial charge is 0.329 e. The molecular formula is C20H23N3O3. The van der Waals surface area contributed by atoms with Crippen molar-refractivity contribution in [3.8, 4) is 5.75 Å². The molecule has 6 heteroatoms. The largest absolute Gasteiger partial charge is 0.491 e. The minimum absolute atomic E-state index is 0.102. The Morgan fingerprint density at radius 1 is 1.00 bits per heavy atom. The highest BCUT2D eigenvalue weighted by molar-refractivity contribution is 6.39. The SMILES string of the molecule is Cc1ccc(NC(=O)C(=O)NN=Cc2ccc(OC(C)C)cc2)cc1C. The van der Waals surface area contributed by atoms with Crippen molar-refractivity contribution in [2.75, 3.05) is 5.32 Å². The number of amides is 2. The number of hydrazone groups is 1. The number of ether oxygens (including phenoxy) is 1. The Labute approximate surface area is 153 Å². The van der Waals surface area contributed by atoms with Gasteiger partial charge in [-0.15, -0.1) is 0 Å². The normalized spacial score (nSPS) is 10.8. The van der Waals surface area contributed by atoms with Crippen LogP contribution in [0.2, 0.25) is 0 Å². The molecule has 0 fully saturated rings. The lowest BCUT2D eigenvalue weighted by molar-refractivity contribution is -0.136. The molecule has 0 saturated carbocycles. The molecule has 0 aliphatic heterocycles. The lowest BCUT2D eigenvalue weighted by Crippen LogP contribution is -2.32. The summed E-state index contributed by atoms with van der Waals surface area (Å²) in [5.74, 6) is -0.848. The molecule has 2 amide bonds. The van der Waals surface area contributed by atoms with Crippen LogP contribution in [0.5, 0.6) is 5.75 Å². The van der Waals surface area contributed by atoms with E-state index in [4.69, 9.17) is 4.74 Å². The van der Waals surface area contributed by atoms with Crippen molar-refractivity contribution in [2.45, 2.75) is 33.8 Å². The van der Waals surface area contributed by atoms with Crippen LogP contribution < -0.4 is 15.5 Å². The maximum Gasteiger partial charge on any atom is 0.329 e. The average Bonchev–Trinajstić information content (AvgIpc) is 2.59. The van der Waals surface area contributed by atoms with Crippen molar-refractivity contribution in [3.63, 3.8) is 0 Å². The van der Waals surface area contributed by atoms with E-state index >= 15 is 0 Å². The van der Waals surface area contributed by atoms with Crippen LogP contribution in [0.1, 0.15) is 30.5 Å². The van der Waals surface area contributed by atoms with Gasteiger partial charge in [-0.3, -0.25) is 9.59 Å². The zero-order chi connectivity index (χ0) is 19.1. The first-order valence-electron chi connectivity index (χ1n) is 8.33. The number of nitrogens with zero attached hydrogens (tertiary/aromatic N) is 1. The summed E-state index contributed by atoms with van der Waals surface area (Å²) in [6, 6.07) is 12.7. The third kappa shape index (κ3) is 5.73. The Kier molecular flexibility index (Phi) is 6.49. The molecule has 2 aromatic carbocycles. The van der Waals surface area contributed by atoms with E-state index in [1.54, 1.807) is 6.07 Å². The van der Waals surface area contributed by atoms with Crippen LogP contribution in [0.4, 0.5) is 5.69 Å². The fourth-order valence-corrected chi connectivity index (χ4v) is 2.13. The Bertz CT molecular complexity index is 812. The van der Waals surface area contributed by atoms with Gasteiger partial charge in [0.2, 0.25) is 0 Å². The topological polar surface area (TPSA) is 79.8 Å². The molecule has 0 radical (unpaired) electrons. The van der Waals surface area contributed by atoms with Crippen molar-refractivity contribution in [1.29, 1.82) is 0 Å². The van der Waals surface area contributed by atoms with Crippen LogP contribution in [0.25, 0.3) is 0 Å². The first-order chi connectivity index (χ1) is 12.3. The second-order valence-corrected chi connectivity index (χ2v) is 6.19. The number of nitrogens with one attached hydrogen (secondary N) is 2. The Morgan fingerprint density at radius 2 is 1.69 bits per heavy atom. The van der Waals surface area contributed by atoms with Gasteiger partial charge in [0.05, 0.1) is 12.3 Å². The van der Waals surface area contributed by atoms with Gasteiger partial charge >= 0.3 is 11.8 Å². The molecule has 6 nitrogen and oxygen atoms in total. The Balaban J connectivity index is 1.87. The molecular weight excluding hydrogens is 330 g/mol. The number of carbonyl (C=O) groups excluding carboxylic acids is 2. The third-order valence-corrected chi connectivity index (χ3v) is 3.60. The molecule has 0 spiro atoms. The molecule has 26 heavy (non-hydrogen) atoms. The molecule has 0 heterocycles. The monoisotopic (exact) mass is 353 g/mol. The Morgan fingerprint density at radius 3 is 2.31 bits per heavy atom. The Hall–Kier alpha value is -3.15. The number of hydrogen-bond donors (Lipinski definition) is 2. The lowest BCUT2D eigenvalue weighted by atomic mass is 10.1. The molecule has 2 rings (SSSR count). The molecule has 2 N–H and O–H groups in total. The highest BCUT2D eigenvalue weighted by Gasteiger charge is 2.13. The number of rotatable bonds is 5. The van der Waals surface area contributed by atoms with E-state index in [1.165, 1.54) is 6.21 Å². The van der Waals surface area contributed by atoms with Crippen molar-refractivity contribution < 1.29 is 14.3 Å². The molecule has 0 aliphatic carbocycles. The van der Waals surface area contributed by atoms with Gasteiger partial charge in [-0.2, -0.15) is 5.10 Å². The van der Waals surface area contributed by atoms with Crippen LogP contribution >= 0.6 is 0 Å². The molecule has 2 aromatic rings. The predicted molar refractivity (Wildman–Crippen MR) is 102 cm³/mol. The van der Waals surface area contributed by atoms with E-state index in [-0.39, 0.29) is 6.10 Å². The fraction of sp³-hybridized carbons (Fsp3) is 0.250. The molecule has 0 aromatic heterocycles. The molecule has 0 saturated heterocycles. The van der Waals surface area contributed by atoms with Gasteiger partial charge in [0.15, 0.2) is 0 Å².